The molecule has 0 bridgehead atoms. The number of hydrogen-bond donors (Lipinski definition) is 1. The average molecular weight is 330 g/mol. The Morgan fingerprint density at radius 3 is 3.00 bits per heavy atom. The van der Waals surface area contributed by atoms with Gasteiger partial charge >= 0.3 is 0 Å². The molecule has 0 saturated carbocycles. The van der Waals surface area contributed by atoms with Crippen LogP contribution in [0.5, 0.6) is 0 Å². The Morgan fingerprint density at radius 1 is 1.41 bits per heavy atom. The largest absolute Gasteiger partial charge is 0.384 e. The monoisotopic (exact) mass is 329 g/mol. The third kappa shape index (κ3) is 4.29. The summed E-state index contributed by atoms with van der Waals surface area (Å²) in [6, 6.07) is 8.17. The van der Waals surface area contributed by atoms with E-state index in [1.807, 2.05) is 19.1 Å². The minimum absolute atomic E-state index is 0.916. The van der Waals surface area contributed by atoms with Gasteiger partial charge in [0, 0.05) is 22.5 Å². The molecule has 3 nitrogen and oxygen atoms in total. The maximum Gasteiger partial charge on any atom is 0.174 e. The van der Waals surface area contributed by atoms with Crippen molar-refractivity contribution in [1.29, 1.82) is 0 Å². The minimum Gasteiger partial charge on any atom is -0.384 e. The molecule has 0 fully saturated rings. The number of halogens is 1. The second-order valence-electron chi connectivity index (χ2n) is 3.37. The number of nitrogens with one attached hydrogen (secondary N) is 1. The molecule has 6 heteroatoms. The third-order valence-electron chi connectivity index (χ3n) is 1.99. The summed E-state index contributed by atoms with van der Waals surface area (Å²) in [6.45, 7) is 2.89. The summed E-state index contributed by atoms with van der Waals surface area (Å²) in [7, 11) is 0. The normalized spacial score (nSPS) is 10.5. The van der Waals surface area contributed by atoms with Crippen LogP contribution in [0.25, 0.3) is 0 Å². The van der Waals surface area contributed by atoms with Crippen LogP contribution in [0.3, 0.4) is 0 Å². The Labute approximate surface area is 117 Å². The predicted molar refractivity (Wildman–Crippen MR) is 78.0 cm³/mol. The summed E-state index contributed by atoms with van der Waals surface area (Å²) in [6.07, 6.45) is 0. The second-order valence-corrected chi connectivity index (χ2v) is 6.81. The fraction of sp³-hybridized carbons (Fsp3) is 0.273. The number of hydrogen-bond acceptors (Lipinski definition) is 5. The molecule has 1 aromatic carbocycles. The summed E-state index contributed by atoms with van der Waals surface area (Å²) in [5.41, 5.74) is 1.13. The van der Waals surface area contributed by atoms with Crippen molar-refractivity contribution in [1.82, 2.24) is 10.2 Å². The standard InChI is InChI=1S/C11H12BrN3S2/c1-8-14-15-11(17-8)16-6-5-13-10-4-2-3-9(12)7-10/h2-4,7,13H,5-6H2,1H3. The van der Waals surface area contributed by atoms with Gasteiger partial charge in [0.25, 0.3) is 0 Å². The lowest BCUT2D eigenvalue weighted by molar-refractivity contribution is 0.983. The number of anilines is 1. The van der Waals surface area contributed by atoms with Crippen molar-refractivity contribution in [2.75, 3.05) is 17.6 Å². The van der Waals surface area contributed by atoms with Gasteiger partial charge in [0.2, 0.25) is 0 Å². The van der Waals surface area contributed by atoms with E-state index in [-0.39, 0.29) is 0 Å². The quantitative estimate of drug-likeness (QED) is 0.668. The first-order valence-corrected chi connectivity index (χ1v) is 7.76. The van der Waals surface area contributed by atoms with E-state index >= 15 is 0 Å². The minimum atomic E-state index is 0.916. The van der Waals surface area contributed by atoms with E-state index in [1.54, 1.807) is 23.1 Å². The molecule has 0 aliphatic carbocycles. The highest BCUT2D eigenvalue weighted by atomic mass is 79.9. The van der Waals surface area contributed by atoms with Crippen molar-refractivity contribution < 1.29 is 0 Å². The third-order valence-corrected chi connectivity index (χ3v) is 4.46. The van der Waals surface area contributed by atoms with Gasteiger partial charge in [-0.1, -0.05) is 45.1 Å². The molecular formula is C11H12BrN3S2. The zero-order valence-electron chi connectivity index (χ0n) is 9.31. The zero-order valence-corrected chi connectivity index (χ0v) is 12.5. The van der Waals surface area contributed by atoms with Gasteiger partial charge in [-0.15, -0.1) is 10.2 Å². The van der Waals surface area contributed by atoms with E-state index in [4.69, 9.17) is 0 Å². The Balaban J connectivity index is 1.73. The fourth-order valence-electron chi connectivity index (χ4n) is 1.27. The Hall–Kier alpha value is -0.590. The second kappa shape index (κ2) is 6.37. The highest BCUT2D eigenvalue weighted by Crippen LogP contribution is 2.21. The molecule has 1 N–H and O–H groups in total. The Morgan fingerprint density at radius 2 is 2.29 bits per heavy atom. The van der Waals surface area contributed by atoms with E-state index in [1.165, 1.54) is 0 Å². The number of rotatable bonds is 5. The zero-order chi connectivity index (χ0) is 12.1. The maximum atomic E-state index is 4.07. The van der Waals surface area contributed by atoms with Gasteiger partial charge < -0.3 is 5.32 Å². The first kappa shape index (κ1) is 12.9. The molecule has 0 spiro atoms. The van der Waals surface area contributed by atoms with Crippen LogP contribution in [-0.2, 0) is 0 Å². The van der Waals surface area contributed by atoms with Gasteiger partial charge in [-0.25, -0.2) is 0 Å². The van der Waals surface area contributed by atoms with Crippen LogP contribution in [0, 0.1) is 6.92 Å². The van der Waals surface area contributed by atoms with Crippen molar-refractivity contribution in [3.05, 3.63) is 33.7 Å². The molecule has 0 aliphatic heterocycles. The summed E-state index contributed by atoms with van der Waals surface area (Å²) >= 11 is 6.83. The number of aromatic nitrogens is 2. The molecule has 1 aromatic heterocycles. The van der Waals surface area contributed by atoms with Gasteiger partial charge in [-0.2, -0.15) is 0 Å². The molecule has 1 heterocycles. The first-order chi connectivity index (χ1) is 8.24. The van der Waals surface area contributed by atoms with Crippen molar-refractivity contribution in [3.8, 4) is 0 Å². The van der Waals surface area contributed by atoms with E-state index in [9.17, 15) is 0 Å². The molecule has 2 rings (SSSR count). The summed E-state index contributed by atoms with van der Waals surface area (Å²) < 4.78 is 2.13. The molecule has 0 aliphatic rings. The molecule has 0 radical (unpaired) electrons. The van der Waals surface area contributed by atoms with Crippen LogP contribution >= 0.6 is 39.0 Å². The van der Waals surface area contributed by atoms with E-state index < -0.39 is 0 Å². The van der Waals surface area contributed by atoms with Crippen LogP contribution in [-0.4, -0.2) is 22.5 Å². The van der Waals surface area contributed by atoms with Gasteiger partial charge in [-0.3, -0.25) is 0 Å². The highest BCUT2D eigenvalue weighted by Gasteiger charge is 2.00. The predicted octanol–water partition coefficient (Wildman–Crippen LogP) is 3.81. The topological polar surface area (TPSA) is 37.8 Å². The SMILES string of the molecule is Cc1nnc(SCCNc2cccc(Br)c2)s1. The Kier molecular flexibility index (Phi) is 4.82. The number of benzene rings is 1. The number of nitrogens with zero attached hydrogens (tertiary/aromatic N) is 2. The van der Waals surface area contributed by atoms with E-state index in [0.717, 1.165) is 31.8 Å². The van der Waals surface area contributed by atoms with Gasteiger partial charge in [0.05, 0.1) is 0 Å². The molecule has 0 unspecified atom stereocenters. The summed E-state index contributed by atoms with van der Waals surface area (Å²) in [5, 5.41) is 12.4. The molecule has 0 atom stereocenters. The smallest absolute Gasteiger partial charge is 0.174 e. The van der Waals surface area contributed by atoms with Crippen LogP contribution < -0.4 is 5.32 Å². The van der Waals surface area contributed by atoms with Crippen LogP contribution in [0.15, 0.2) is 33.1 Å². The van der Waals surface area contributed by atoms with Gasteiger partial charge in [0.15, 0.2) is 4.34 Å². The lowest BCUT2D eigenvalue weighted by atomic mass is 10.3. The van der Waals surface area contributed by atoms with E-state index in [0.29, 0.717) is 0 Å². The van der Waals surface area contributed by atoms with Crippen molar-refractivity contribution in [2.24, 2.45) is 0 Å². The highest BCUT2D eigenvalue weighted by molar-refractivity contribution is 9.10. The lowest BCUT2D eigenvalue weighted by Crippen LogP contribution is -2.03. The Bertz CT molecular complexity index is 487. The van der Waals surface area contributed by atoms with Crippen molar-refractivity contribution >= 4 is 44.7 Å². The summed E-state index contributed by atoms with van der Waals surface area (Å²) in [4.78, 5) is 0. The molecule has 0 saturated heterocycles. The van der Waals surface area contributed by atoms with E-state index in [2.05, 4.69) is 43.6 Å². The van der Waals surface area contributed by atoms with Crippen LogP contribution in [0.4, 0.5) is 5.69 Å². The molecule has 0 amide bonds. The van der Waals surface area contributed by atoms with Crippen LogP contribution in [0.1, 0.15) is 5.01 Å². The van der Waals surface area contributed by atoms with Gasteiger partial charge in [0.1, 0.15) is 5.01 Å². The van der Waals surface area contributed by atoms with Crippen molar-refractivity contribution in [2.45, 2.75) is 11.3 Å². The lowest BCUT2D eigenvalue weighted by Gasteiger charge is -2.05. The van der Waals surface area contributed by atoms with Crippen molar-refractivity contribution in [3.63, 3.8) is 0 Å². The molecule has 90 valence electrons. The first-order valence-electron chi connectivity index (χ1n) is 5.16. The number of thioether (sulfide) groups is 1. The fourth-order valence-corrected chi connectivity index (χ4v) is 3.41. The molecule has 17 heavy (non-hydrogen) atoms. The van der Waals surface area contributed by atoms with Crippen LogP contribution in [0.2, 0.25) is 0 Å². The van der Waals surface area contributed by atoms with Gasteiger partial charge in [-0.05, 0) is 25.1 Å². The number of aryl methyl sites for hydroxylation is 1. The average Bonchev–Trinajstić information content (AvgIpc) is 2.71. The molecule has 2 aromatic rings. The molecular weight excluding hydrogens is 318 g/mol. The summed E-state index contributed by atoms with van der Waals surface area (Å²) in [5.74, 6) is 0.987. The maximum absolute atomic E-state index is 4.07.